The smallest absolute Gasteiger partial charge is 0.339 e. The highest BCUT2D eigenvalue weighted by Crippen LogP contribution is 2.15. The zero-order valence-electron chi connectivity index (χ0n) is 12.7. The molecule has 0 saturated carbocycles. The van der Waals surface area contributed by atoms with E-state index < -0.39 is 11.8 Å². The maximum Gasteiger partial charge on any atom is 0.339 e. The number of benzene rings is 1. The second-order valence-corrected chi connectivity index (χ2v) is 5.24. The van der Waals surface area contributed by atoms with Crippen molar-refractivity contribution in [1.29, 1.82) is 5.26 Å². The number of hydrogen-bond acceptors (Lipinski definition) is 5. The summed E-state index contributed by atoms with van der Waals surface area (Å²) >= 11 is 0. The van der Waals surface area contributed by atoms with Gasteiger partial charge in [0.15, 0.2) is 5.79 Å². The molecular formula is C16H21NO4. The molecule has 1 aromatic rings. The Morgan fingerprint density at radius 2 is 2.10 bits per heavy atom. The summed E-state index contributed by atoms with van der Waals surface area (Å²) in [5, 5.41) is 18.5. The molecule has 0 spiro atoms. The lowest BCUT2D eigenvalue weighted by Gasteiger charge is -2.17. The van der Waals surface area contributed by atoms with Crippen LogP contribution in [0.15, 0.2) is 18.2 Å². The average Bonchev–Trinajstić information content (AvgIpc) is 2.44. The summed E-state index contributed by atoms with van der Waals surface area (Å²) in [5.74, 6) is -1.60. The molecule has 0 aliphatic rings. The number of nitriles is 1. The normalized spacial score (nSPS) is 11.0. The number of hydrogen-bond donors (Lipinski definition) is 1. The fourth-order valence-electron chi connectivity index (χ4n) is 1.88. The van der Waals surface area contributed by atoms with Crippen molar-refractivity contribution >= 4 is 5.97 Å². The van der Waals surface area contributed by atoms with Crippen LogP contribution in [0.25, 0.3) is 0 Å². The summed E-state index contributed by atoms with van der Waals surface area (Å²) in [6.45, 7) is 3.67. The number of unbranched alkanes of at least 4 members (excludes halogenated alkanes) is 1. The topological polar surface area (TPSA) is 79.6 Å². The minimum Gasteiger partial charge on any atom is -0.465 e. The molecule has 0 atom stereocenters. The largest absolute Gasteiger partial charge is 0.465 e. The van der Waals surface area contributed by atoms with Gasteiger partial charge in [-0.3, -0.25) is 0 Å². The van der Waals surface area contributed by atoms with E-state index in [1.54, 1.807) is 26.0 Å². The van der Waals surface area contributed by atoms with Crippen molar-refractivity contribution in [1.82, 2.24) is 0 Å². The highest BCUT2D eigenvalue weighted by Gasteiger charge is 2.13. The summed E-state index contributed by atoms with van der Waals surface area (Å²) in [7, 11) is 1.29. The monoisotopic (exact) mass is 291 g/mol. The first-order valence-corrected chi connectivity index (χ1v) is 6.85. The van der Waals surface area contributed by atoms with Gasteiger partial charge < -0.3 is 14.6 Å². The number of carbonyl (C=O) groups is 1. The van der Waals surface area contributed by atoms with Crippen LogP contribution in [-0.2, 0) is 15.9 Å². The van der Waals surface area contributed by atoms with Crippen molar-refractivity contribution in [2.75, 3.05) is 13.7 Å². The molecule has 5 heteroatoms. The van der Waals surface area contributed by atoms with Crippen LogP contribution in [0.5, 0.6) is 0 Å². The summed E-state index contributed by atoms with van der Waals surface area (Å²) in [4.78, 5) is 11.5. The maximum atomic E-state index is 11.5. The van der Waals surface area contributed by atoms with E-state index in [4.69, 9.17) is 10.00 Å². The third-order valence-corrected chi connectivity index (χ3v) is 2.92. The third-order valence-electron chi connectivity index (χ3n) is 2.92. The van der Waals surface area contributed by atoms with E-state index in [0.29, 0.717) is 12.2 Å². The van der Waals surface area contributed by atoms with Crippen molar-refractivity contribution in [3.63, 3.8) is 0 Å². The van der Waals surface area contributed by atoms with Crippen LogP contribution in [-0.4, -0.2) is 30.6 Å². The van der Waals surface area contributed by atoms with Gasteiger partial charge in [-0.2, -0.15) is 5.26 Å². The summed E-state index contributed by atoms with van der Waals surface area (Å²) in [5.41, 5.74) is 1.60. The standard InChI is InChI=1S/C16H21NO4/c1-16(2,19)21-9-5-4-6-12-7-8-14(15(18)20-3)13(10-12)11-17/h7-8,10,19H,4-6,9H2,1-3H3. The number of aryl methyl sites for hydroxylation is 1. The van der Waals surface area contributed by atoms with Crippen LogP contribution >= 0.6 is 0 Å². The minimum absolute atomic E-state index is 0.286. The summed E-state index contributed by atoms with van der Waals surface area (Å²) in [6.07, 6.45) is 2.47. The summed E-state index contributed by atoms with van der Waals surface area (Å²) in [6, 6.07) is 7.17. The molecule has 0 saturated heterocycles. The summed E-state index contributed by atoms with van der Waals surface area (Å²) < 4.78 is 9.85. The zero-order chi connectivity index (χ0) is 15.9. The van der Waals surface area contributed by atoms with Crippen molar-refractivity contribution in [2.24, 2.45) is 0 Å². The number of ether oxygens (including phenoxy) is 2. The van der Waals surface area contributed by atoms with Gasteiger partial charge in [-0.1, -0.05) is 6.07 Å². The molecule has 0 bridgehead atoms. The lowest BCUT2D eigenvalue weighted by atomic mass is 10.0. The van der Waals surface area contributed by atoms with Crippen molar-refractivity contribution in [3.8, 4) is 6.07 Å². The van der Waals surface area contributed by atoms with Gasteiger partial charge in [0.2, 0.25) is 0 Å². The van der Waals surface area contributed by atoms with Crippen LogP contribution in [0.4, 0.5) is 0 Å². The first kappa shape index (κ1) is 17.2. The Bertz CT molecular complexity index is 526. The maximum absolute atomic E-state index is 11.5. The Morgan fingerprint density at radius 1 is 1.38 bits per heavy atom. The predicted molar refractivity (Wildman–Crippen MR) is 77.7 cm³/mol. The lowest BCUT2D eigenvalue weighted by Crippen LogP contribution is -2.23. The number of aliphatic hydroxyl groups is 1. The van der Waals surface area contributed by atoms with Gasteiger partial charge in [0, 0.05) is 6.61 Å². The van der Waals surface area contributed by atoms with Crippen LogP contribution < -0.4 is 0 Å². The van der Waals surface area contributed by atoms with E-state index >= 15 is 0 Å². The number of nitrogens with zero attached hydrogens (tertiary/aromatic N) is 1. The van der Waals surface area contributed by atoms with E-state index in [9.17, 15) is 9.90 Å². The molecule has 0 aliphatic heterocycles. The van der Waals surface area contributed by atoms with Crippen LogP contribution in [0.3, 0.4) is 0 Å². The molecule has 0 amide bonds. The molecule has 0 fully saturated rings. The molecule has 0 heterocycles. The zero-order valence-corrected chi connectivity index (χ0v) is 12.7. The number of rotatable bonds is 7. The van der Waals surface area contributed by atoms with Crippen LogP contribution in [0.1, 0.15) is 48.2 Å². The van der Waals surface area contributed by atoms with Crippen molar-refractivity contribution in [3.05, 3.63) is 34.9 Å². The highest BCUT2D eigenvalue weighted by molar-refractivity contribution is 5.92. The Kier molecular flexibility index (Phi) is 6.35. The molecule has 114 valence electrons. The van der Waals surface area contributed by atoms with E-state index in [-0.39, 0.29) is 5.56 Å². The van der Waals surface area contributed by atoms with E-state index in [1.165, 1.54) is 7.11 Å². The van der Waals surface area contributed by atoms with E-state index in [0.717, 1.165) is 24.8 Å². The fourth-order valence-corrected chi connectivity index (χ4v) is 1.88. The van der Waals surface area contributed by atoms with Crippen molar-refractivity contribution in [2.45, 2.75) is 38.9 Å². The second-order valence-electron chi connectivity index (χ2n) is 5.24. The molecule has 1 rings (SSSR count). The predicted octanol–water partition coefficient (Wildman–Crippen LogP) is 2.41. The quantitative estimate of drug-likeness (QED) is 0.474. The second kappa shape index (κ2) is 7.77. The van der Waals surface area contributed by atoms with E-state index in [1.807, 2.05) is 12.1 Å². The van der Waals surface area contributed by atoms with Gasteiger partial charge >= 0.3 is 5.97 Å². The molecule has 21 heavy (non-hydrogen) atoms. The van der Waals surface area contributed by atoms with Gasteiger partial charge in [0.25, 0.3) is 0 Å². The van der Waals surface area contributed by atoms with Gasteiger partial charge in [0.05, 0.1) is 18.2 Å². The first-order chi connectivity index (χ1) is 9.87. The first-order valence-electron chi connectivity index (χ1n) is 6.85. The molecule has 5 nitrogen and oxygen atoms in total. The van der Waals surface area contributed by atoms with Crippen LogP contribution in [0, 0.1) is 11.3 Å². The number of methoxy groups -OCH3 is 1. The Hall–Kier alpha value is -1.90. The number of carbonyl (C=O) groups excluding carboxylic acids is 1. The van der Waals surface area contributed by atoms with Crippen LogP contribution in [0.2, 0.25) is 0 Å². The van der Waals surface area contributed by atoms with Gasteiger partial charge in [-0.25, -0.2) is 4.79 Å². The average molecular weight is 291 g/mol. The highest BCUT2D eigenvalue weighted by atomic mass is 16.6. The van der Waals surface area contributed by atoms with E-state index in [2.05, 4.69) is 4.74 Å². The lowest BCUT2D eigenvalue weighted by molar-refractivity contribution is -0.176. The SMILES string of the molecule is COC(=O)c1ccc(CCCCOC(C)(C)O)cc1C#N. The Balaban J connectivity index is 2.54. The molecule has 0 aliphatic carbocycles. The van der Waals surface area contributed by atoms with Crippen molar-refractivity contribution < 1.29 is 19.4 Å². The molecule has 1 N–H and O–H groups in total. The molecule has 1 aromatic carbocycles. The number of esters is 1. The molecule has 0 radical (unpaired) electrons. The van der Waals surface area contributed by atoms with Gasteiger partial charge in [-0.15, -0.1) is 0 Å². The fraction of sp³-hybridized carbons (Fsp3) is 0.500. The minimum atomic E-state index is -1.10. The van der Waals surface area contributed by atoms with Gasteiger partial charge in [0.1, 0.15) is 6.07 Å². The Morgan fingerprint density at radius 3 is 2.67 bits per heavy atom. The Labute approximate surface area is 125 Å². The third kappa shape index (κ3) is 5.94. The molecule has 0 unspecified atom stereocenters. The molecule has 0 aromatic heterocycles. The molecular weight excluding hydrogens is 270 g/mol. The van der Waals surface area contributed by atoms with Gasteiger partial charge in [-0.05, 0) is 50.8 Å².